The zero-order valence-electron chi connectivity index (χ0n) is 8.29. The van der Waals surface area contributed by atoms with E-state index in [-0.39, 0.29) is 11.9 Å². The van der Waals surface area contributed by atoms with Crippen molar-refractivity contribution < 1.29 is 9.90 Å². The van der Waals surface area contributed by atoms with Gasteiger partial charge < -0.3 is 15.3 Å². The number of likely N-dealkylation sites (tertiary alicyclic amines) is 1. The Kier molecular flexibility index (Phi) is 3.69. The molecule has 1 aliphatic heterocycles. The third kappa shape index (κ3) is 3.32. The molecule has 4 heteroatoms. The molecule has 13 heavy (non-hydrogen) atoms. The van der Waals surface area contributed by atoms with Crippen LogP contribution in [0.15, 0.2) is 0 Å². The Morgan fingerprint density at radius 1 is 1.69 bits per heavy atom. The Morgan fingerprint density at radius 2 is 2.38 bits per heavy atom. The molecule has 1 rings (SSSR count). The highest BCUT2D eigenvalue weighted by Gasteiger charge is 2.20. The summed E-state index contributed by atoms with van der Waals surface area (Å²) >= 11 is 0. The van der Waals surface area contributed by atoms with E-state index in [9.17, 15) is 4.79 Å². The number of aliphatic hydroxyl groups excluding tert-OH is 1. The van der Waals surface area contributed by atoms with Crippen molar-refractivity contribution in [3.05, 3.63) is 0 Å². The van der Waals surface area contributed by atoms with Gasteiger partial charge in [-0.1, -0.05) is 0 Å². The Balaban J connectivity index is 2.31. The molecule has 2 atom stereocenters. The fourth-order valence-electron chi connectivity index (χ4n) is 1.61. The second-order valence-corrected chi connectivity index (χ2v) is 3.79. The molecule has 0 spiro atoms. The van der Waals surface area contributed by atoms with Crippen LogP contribution in [0, 0.1) is 0 Å². The van der Waals surface area contributed by atoms with Crippen LogP contribution < -0.4 is 5.32 Å². The van der Waals surface area contributed by atoms with Crippen LogP contribution in [0.1, 0.15) is 19.8 Å². The van der Waals surface area contributed by atoms with E-state index in [1.54, 1.807) is 0 Å². The van der Waals surface area contributed by atoms with E-state index in [0.29, 0.717) is 0 Å². The van der Waals surface area contributed by atoms with Gasteiger partial charge in [-0.3, -0.25) is 4.79 Å². The lowest BCUT2D eigenvalue weighted by Crippen LogP contribution is -2.48. The van der Waals surface area contributed by atoms with Crippen LogP contribution in [-0.2, 0) is 4.79 Å². The number of hydrogen-bond acceptors (Lipinski definition) is 3. The smallest absolute Gasteiger partial charge is 0.248 e. The number of piperidine rings is 1. The monoisotopic (exact) mass is 186 g/mol. The van der Waals surface area contributed by atoms with Crippen LogP contribution in [0.25, 0.3) is 0 Å². The molecule has 76 valence electrons. The fourth-order valence-corrected chi connectivity index (χ4v) is 1.61. The molecule has 0 radical (unpaired) electrons. The number of carbonyl (C=O) groups excluding carboxylic acids is 1. The van der Waals surface area contributed by atoms with E-state index in [1.165, 1.54) is 6.92 Å². The van der Waals surface area contributed by atoms with E-state index in [2.05, 4.69) is 10.2 Å². The molecule has 2 unspecified atom stereocenters. The van der Waals surface area contributed by atoms with Gasteiger partial charge in [0, 0.05) is 12.6 Å². The lowest BCUT2D eigenvalue weighted by atomic mass is 10.1. The molecule has 0 aliphatic carbocycles. The van der Waals surface area contributed by atoms with Gasteiger partial charge in [-0.25, -0.2) is 0 Å². The number of carbonyl (C=O) groups is 1. The fraction of sp³-hybridized carbons (Fsp3) is 0.889. The Morgan fingerprint density at radius 3 is 2.92 bits per heavy atom. The second kappa shape index (κ2) is 4.58. The minimum absolute atomic E-state index is 0.209. The van der Waals surface area contributed by atoms with Crippen LogP contribution in [-0.4, -0.2) is 48.2 Å². The molecule has 1 fully saturated rings. The van der Waals surface area contributed by atoms with Gasteiger partial charge in [-0.2, -0.15) is 0 Å². The van der Waals surface area contributed by atoms with Crippen LogP contribution in [0.2, 0.25) is 0 Å². The predicted octanol–water partition coefficient (Wildman–Crippen LogP) is -0.422. The second-order valence-electron chi connectivity index (χ2n) is 3.79. The van der Waals surface area contributed by atoms with Crippen molar-refractivity contribution >= 4 is 5.91 Å². The minimum Gasteiger partial charge on any atom is -0.384 e. The molecule has 0 aromatic heterocycles. The molecular formula is C9H18N2O2. The van der Waals surface area contributed by atoms with Crippen molar-refractivity contribution in [2.45, 2.75) is 31.9 Å². The summed E-state index contributed by atoms with van der Waals surface area (Å²) < 4.78 is 0. The molecule has 0 aromatic carbocycles. The summed E-state index contributed by atoms with van der Waals surface area (Å²) in [6, 6.07) is 0.209. The third-order valence-electron chi connectivity index (χ3n) is 2.35. The lowest BCUT2D eigenvalue weighted by molar-refractivity contribution is -0.129. The average molecular weight is 186 g/mol. The van der Waals surface area contributed by atoms with Gasteiger partial charge in [-0.15, -0.1) is 0 Å². The molecule has 1 aliphatic rings. The number of hydrogen-bond donors (Lipinski definition) is 2. The molecule has 1 heterocycles. The van der Waals surface area contributed by atoms with Crippen LogP contribution in [0.4, 0.5) is 0 Å². The molecule has 0 saturated carbocycles. The van der Waals surface area contributed by atoms with Crippen LogP contribution in [0.3, 0.4) is 0 Å². The van der Waals surface area contributed by atoms with Gasteiger partial charge in [0.25, 0.3) is 0 Å². The standard InChI is InChI=1S/C9H18N2O2/c1-7(12)9(13)10-8-4-3-5-11(2)6-8/h7-8,12H,3-6H2,1-2H3,(H,10,13). The van der Waals surface area contributed by atoms with Crippen LogP contribution >= 0.6 is 0 Å². The van der Waals surface area contributed by atoms with E-state index in [0.717, 1.165) is 25.9 Å². The third-order valence-corrected chi connectivity index (χ3v) is 2.35. The minimum atomic E-state index is -0.896. The number of aliphatic hydroxyl groups is 1. The van der Waals surface area contributed by atoms with E-state index < -0.39 is 6.10 Å². The van der Waals surface area contributed by atoms with Crippen molar-refractivity contribution in [1.82, 2.24) is 10.2 Å². The van der Waals surface area contributed by atoms with Gasteiger partial charge in [0.05, 0.1) is 0 Å². The van der Waals surface area contributed by atoms with Gasteiger partial charge in [-0.05, 0) is 33.4 Å². The van der Waals surface area contributed by atoms with Crippen LogP contribution in [0.5, 0.6) is 0 Å². The van der Waals surface area contributed by atoms with Crippen molar-refractivity contribution in [3.8, 4) is 0 Å². The molecular weight excluding hydrogens is 168 g/mol. The van der Waals surface area contributed by atoms with Crippen molar-refractivity contribution in [2.24, 2.45) is 0 Å². The average Bonchev–Trinajstić information content (AvgIpc) is 2.04. The van der Waals surface area contributed by atoms with Crippen molar-refractivity contribution in [1.29, 1.82) is 0 Å². The topological polar surface area (TPSA) is 52.6 Å². The number of nitrogens with zero attached hydrogens (tertiary/aromatic N) is 1. The van der Waals surface area contributed by atoms with Crippen molar-refractivity contribution in [2.75, 3.05) is 20.1 Å². The van der Waals surface area contributed by atoms with Gasteiger partial charge >= 0.3 is 0 Å². The quantitative estimate of drug-likeness (QED) is 0.615. The first-order chi connectivity index (χ1) is 6.09. The molecule has 0 bridgehead atoms. The summed E-state index contributed by atoms with van der Waals surface area (Å²) in [6.07, 6.45) is 1.23. The molecule has 4 nitrogen and oxygen atoms in total. The zero-order valence-corrected chi connectivity index (χ0v) is 8.29. The maximum atomic E-state index is 11.1. The van der Waals surface area contributed by atoms with Gasteiger partial charge in [0.1, 0.15) is 6.10 Å². The number of likely N-dealkylation sites (N-methyl/N-ethyl adjacent to an activating group) is 1. The van der Waals surface area contributed by atoms with E-state index in [1.807, 2.05) is 7.05 Å². The maximum absolute atomic E-state index is 11.1. The van der Waals surface area contributed by atoms with Crippen molar-refractivity contribution in [3.63, 3.8) is 0 Å². The number of amides is 1. The number of rotatable bonds is 2. The first-order valence-corrected chi connectivity index (χ1v) is 4.76. The zero-order chi connectivity index (χ0) is 9.84. The summed E-state index contributed by atoms with van der Waals surface area (Å²) in [5.41, 5.74) is 0. The predicted molar refractivity (Wildman–Crippen MR) is 50.3 cm³/mol. The maximum Gasteiger partial charge on any atom is 0.248 e. The summed E-state index contributed by atoms with van der Waals surface area (Å²) in [6.45, 7) is 3.47. The molecule has 1 amide bonds. The van der Waals surface area contributed by atoms with E-state index in [4.69, 9.17) is 5.11 Å². The van der Waals surface area contributed by atoms with Gasteiger partial charge in [0.15, 0.2) is 0 Å². The summed E-state index contributed by atoms with van der Waals surface area (Å²) in [4.78, 5) is 13.3. The Bertz CT molecular complexity index is 182. The largest absolute Gasteiger partial charge is 0.384 e. The summed E-state index contributed by atoms with van der Waals surface area (Å²) in [5.74, 6) is -0.264. The Labute approximate surface area is 78.9 Å². The molecule has 1 saturated heterocycles. The first-order valence-electron chi connectivity index (χ1n) is 4.76. The highest BCUT2D eigenvalue weighted by Crippen LogP contribution is 2.07. The highest BCUT2D eigenvalue weighted by atomic mass is 16.3. The molecule has 0 aromatic rings. The first kappa shape index (κ1) is 10.5. The highest BCUT2D eigenvalue weighted by molar-refractivity contribution is 5.80. The number of nitrogens with one attached hydrogen (secondary N) is 1. The summed E-state index contributed by atoms with van der Waals surface area (Å²) in [7, 11) is 2.04. The Hall–Kier alpha value is -0.610. The normalized spacial score (nSPS) is 26.8. The summed E-state index contributed by atoms with van der Waals surface area (Å²) in [5, 5.41) is 11.8. The lowest BCUT2D eigenvalue weighted by Gasteiger charge is -2.30. The SMILES string of the molecule is CC(O)C(=O)NC1CCCN(C)C1. The van der Waals surface area contributed by atoms with Gasteiger partial charge in [0.2, 0.25) is 5.91 Å². The molecule has 2 N–H and O–H groups in total. The van der Waals surface area contributed by atoms with E-state index >= 15 is 0 Å².